The van der Waals surface area contributed by atoms with Crippen molar-refractivity contribution in [2.45, 2.75) is 11.8 Å². The zero-order valence-electron chi connectivity index (χ0n) is 13.4. The van der Waals surface area contributed by atoms with Crippen LogP contribution in [0.25, 0.3) is 0 Å². The van der Waals surface area contributed by atoms with Gasteiger partial charge in [0.05, 0.1) is 14.2 Å². The standard InChI is InChI=1S/C19H23NO2/c1-20-12-17-18(13-4-8-15(21-2)9-5-13)19(17)14-6-10-16(22-3)11-7-14/h4-11,17-20H,12H2,1-3H3. The lowest BCUT2D eigenvalue weighted by molar-refractivity contribution is 0.414. The van der Waals surface area contributed by atoms with E-state index in [9.17, 15) is 0 Å². The highest BCUT2D eigenvalue weighted by atomic mass is 16.5. The van der Waals surface area contributed by atoms with Crippen molar-refractivity contribution in [2.75, 3.05) is 27.8 Å². The number of nitrogens with one attached hydrogen (secondary N) is 1. The number of ether oxygens (including phenoxy) is 2. The van der Waals surface area contributed by atoms with Crippen molar-refractivity contribution in [1.82, 2.24) is 5.32 Å². The van der Waals surface area contributed by atoms with E-state index < -0.39 is 0 Å². The Kier molecular flexibility index (Phi) is 4.34. The molecular formula is C19H23NO2. The molecule has 3 rings (SSSR count). The minimum absolute atomic E-state index is 0.576. The fourth-order valence-corrected chi connectivity index (χ4v) is 3.42. The predicted octanol–water partition coefficient (Wildman–Crippen LogP) is 3.42. The van der Waals surface area contributed by atoms with Gasteiger partial charge in [0.2, 0.25) is 0 Å². The molecule has 3 heteroatoms. The van der Waals surface area contributed by atoms with Crippen LogP contribution in [0.5, 0.6) is 11.5 Å². The third-order valence-corrected chi connectivity index (χ3v) is 4.61. The van der Waals surface area contributed by atoms with Gasteiger partial charge in [-0.25, -0.2) is 0 Å². The van der Waals surface area contributed by atoms with Crippen LogP contribution >= 0.6 is 0 Å². The van der Waals surface area contributed by atoms with Crippen LogP contribution in [-0.2, 0) is 0 Å². The molecule has 3 nitrogen and oxygen atoms in total. The average Bonchev–Trinajstić information content (AvgIpc) is 3.29. The van der Waals surface area contributed by atoms with Crippen molar-refractivity contribution in [3.05, 3.63) is 59.7 Å². The second-order valence-electron chi connectivity index (χ2n) is 5.82. The minimum atomic E-state index is 0.576. The Morgan fingerprint density at radius 2 is 1.18 bits per heavy atom. The predicted molar refractivity (Wildman–Crippen MR) is 88.9 cm³/mol. The molecule has 116 valence electrons. The molecule has 0 aliphatic heterocycles. The monoisotopic (exact) mass is 297 g/mol. The number of hydrogen-bond donors (Lipinski definition) is 1. The molecule has 1 N–H and O–H groups in total. The van der Waals surface area contributed by atoms with Crippen LogP contribution in [0.15, 0.2) is 48.5 Å². The van der Waals surface area contributed by atoms with Gasteiger partial charge in [0.1, 0.15) is 11.5 Å². The van der Waals surface area contributed by atoms with Crippen LogP contribution in [0, 0.1) is 5.92 Å². The Hall–Kier alpha value is -2.00. The summed E-state index contributed by atoms with van der Waals surface area (Å²) in [5.74, 6) is 3.62. The van der Waals surface area contributed by atoms with Gasteiger partial charge in [-0.1, -0.05) is 24.3 Å². The van der Waals surface area contributed by atoms with Gasteiger partial charge < -0.3 is 14.8 Å². The summed E-state index contributed by atoms with van der Waals surface area (Å²) >= 11 is 0. The fraction of sp³-hybridized carbons (Fsp3) is 0.368. The molecule has 2 atom stereocenters. The van der Waals surface area contributed by atoms with Crippen molar-refractivity contribution in [1.29, 1.82) is 0 Å². The van der Waals surface area contributed by atoms with Gasteiger partial charge in [0.25, 0.3) is 0 Å². The van der Waals surface area contributed by atoms with E-state index >= 15 is 0 Å². The van der Waals surface area contributed by atoms with Gasteiger partial charge in [-0.2, -0.15) is 0 Å². The molecule has 2 aromatic rings. The highest BCUT2D eigenvalue weighted by Gasteiger charge is 2.50. The third-order valence-electron chi connectivity index (χ3n) is 4.61. The number of methoxy groups -OCH3 is 2. The lowest BCUT2D eigenvalue weighted by Crippen LogP contribution is -2.11. The van der Waals surface area contributed by atoms with Crippen molar-refractivity contribution < 1.29 is 9.47 Å². The van der Waals surface area contributed by atoms with E-state index in [1.807, 2.05) is 7.05 Å². The first-order valence-electron chi connectivity index (χ1n) is 7.71. The van der Waals surface area contributed by atoms with Gasteiger partial charge in [0.15, 0.2) is 0 Å². The maximum absolute atomic E-state index is 5.25. The molecule has 0 heterocycles. The highest BCUT2D eigenvalue weighted by molar-refractivity contribution is 5.42. The third kappa shape index (κ3) is 2.81. The van der Waals surface area contributed by atoms with Crippen LogP contribution < -0.4 is 14.8 Å². The molecule has 22 heavy (non-hydrogen) atoms. The largest absolute Gasteiger partial charge is 0.497 e. The van der Waals surface area contributed by atoms with E-state index in [1.165, 1.54) is 11.1 Å². The second-order valence-corrected chi connectivity index (χ2v) is 5.82. The van der Waals surface area contributed by atoms with Crippen LogP contribution in [0.2, 0.25) is 0 Å². The summed E-state index contributed by atoms with van der Waals surface area (Å²) in [6.45, 7) is 1.04. The summed E-state index contributed by atoms with van der Waals surface area (Å²) in [4.78, 5) is 0. The smallest absolute Gasteiger partial charge is 0.118 e. The molecule has 0 spiro atoms. The van der Waals surface area contributed by atoms with Crippen LogP contribution in [0.1, 0.15) is 23.0 Å². The number of rotatable bonds is 6. The molecule has 1 aliphatic rings. The summed E-state index contributed by atoms with van der Waals surface area (Å²) < 4.78 is 10.5. The second kappa shape index (κ2) is 6.41. The molecule has 0 bridgehead atoms. The minimum Gasteiger partial charge on any atom is -0.497 e. The van der Waals surface area contributed by atoms with E-state index in [1.54, 1.807) is 14.2 Å². The SMILES string of the molecule is CNCC1C(c2ccc(OC)cc2)C1c1ccc(OC)cc1. The van der Waals surface area contributed by atoms with Crippen molar-refractivity contribution in [3.8, 4) is 11.5 Å². The first-order valence-corrected chi connectivity index (χ1v) is 7.71. The molecule has 1 saturated carbocycles. The van der Waals surface area contributed by atoms with Gasteiger partial charge >= 0.3 is 0 Å². The summed E-state index contributed by atoms with van der Waals surface area (Å²) in [6.07, 6.45) is 0. The molecule has 1 aliphatic carbocycles. The fourth-order valence-electron chi connectivity index (χ4n) is 3.42. The average molecular weight is 297 g/mol. The normalized spacial score (nSPS) is 23.1. The van der Waals surface area contributed by atoms with Crippen LogP contribution in [-0.4, -0.2) is 27.8 Å². The molecule has 1 fully saturated rings. The van der Waals surface area contributed by atoms with E-state index in [-0.39, 0.29) is 0 Å². The Balaban J connectivity index is 1.82. The summed E-state index contributed by atoms with van der Waals surface area (Å²) in [5.41, 5.74) is 2.78. The lowest BCUT2D eigenvalue weighted by Gasteiger charge is -2.04. The first-order chi connectivity index (χ1) is 10.8. The summed E-state index contributed by atoms with van der Waals surface area (Å²) in [7, 11) is 5.43. The highest BCUT2D eigenvalue weighted by Crippen LogP contribution is 2.60. The quantitative estimate of drug-likeness (QED) is 0.886. The first kappa shape index (κ1) is 14.9. The van der Waals surface area contributed by atoms with Crippen molar-refractivity contribution in [3.63, 3.8) is 0 Å². The zero-order chi connectivity index (χ0) is 15.5. The summed E-state index contributed by atoms with van der Waals surface area (Å²) in [6, 6.07) is 17.0. The zero-order valence-corrected chi connectivity index (χ0v) is 13.4. The number of benzene rings is 2. The molecule has 0 radical (unpaired) electrons. The van der Waals surface area contributed by atoms with E-state index in [2.05, 4.69) is 53.8 Å². The van der Waals surface area contributed by atoms with Crippen molar-refractivity contribution in [2.24, 2.45) is 5.92 Å². The molecule has 2 aromatic carbocycles. The molecule has 0 aromatic heterocycles. The molecule has 2 unspecified atom stereocenters. The number of hydrogen-bond acceptors (Lipinski definition) is 3. The maximum atomic E-state index is 5.25. The Morgan fingerprint density at radius 3 is 1.50 bits per heavy atom. The van der Waals surface area contributed by atoms with Gasteiger partial charge in [-0.05, 0) is 66.7 Å². The Labute approximate surface area is 132 Å². The van der Waals surface area contributed by atoms with Crippen LogP contribution in [0.3, 0.4) is 0 Å². The van der Waals surface area contributed by atoms with Crippen LogP contribution in [0.4, 0.5) is 0 Å². The summed E-state index contributed by atoms with van der Waals surface area (Å²) in [5, 5.41) is 3.32. The maximum Gasteiger partial charge on any atom is 0.118 e. The van der Waals surface area contributed by atoms with Crippen molar-refractivity contribution >= 4 is 0 Å². The van der Waals surface area contributed by atoms with E-state index in [0.29, 0.717) is 17.8 Å². The Bertz CT molecular complexity index is 553. The lowest BCUT2D eigenvalue weighted by atomic mass is 10.0. The topological polar surface area (TPSA) is 30.5 Å². The molecule has 0 saturated heterocycles. The van der Waals surface area contributed by atoms with Gasteiger partial charge in [-0.15, -0.1) is 0 Å². The van der Waals surface area contributed by atoms with Gasteiger partial charge in [-0.3, -0.25) is 0 Å². The van der Waals surface area contributed by atoms with E-state index in [4.69, 9.17) is 9.47 Å². The molecule has 0 amide bonds. The molecular weight excluding hydrogens is 274 g/mol. The Morgan fingerprint density at radius 1 is 0.773 bits per heavy atom. The van der Waals surface area contributed by atoms with E-state index in [0.717, 1.165) is 18.0 Å². The van der Waals surface area contributed by atoms with Gasteiger partial charge in [0, 0.05) is 0 Å².